The maximum atomic E-state index is 12.0. The van der Waals surface area contributed by atoms with Crippen LogP contribution in [0.3, 0.4) is 0 Å². The molecule has 0 heterocycles. The number of rotatable bonds is 15. The van der Waals surface area contributed by atoms with Gasteiger partial charge in [0, 0.05) is 51.5 Å². The molecule has 0 aliphatic heterocycles. The van der Waals surface area contributed by atoms with Crippen LogP contribution in [0, 0.1) is 0 Å². The molecule has 0 saturated carbocycles. The van der Waals surface area contributed by atoms with Gasteiger partial charge < -0.3 is 29.9 Å². The van der Waals surface area contributed by atoms with Gasteiger partial charge in [-0.1, -0.05) is 36.4 Å². The third kappa shape index (κ3) is 7.70. The molecule has 0 aliphatic carbocycles. The number of hydrogen-bond acceptors (Lipinski definition) is 8. The molecule has 0 fully saturated rings. The summed E-state index contributed by atoms with van der Waals surface area (Å²) in [5.41, 5.74) is 1.06. The Balaban J connectivity index is 2.33. The Morgan fingerprint density at radius 3 is 1.38 bits per heavy atom. The van der Waals surface area contributed by atoms with Crippen LogP contribution in [0.1, 0.15) is 11.1 Å². The normalized spacial score (nSPS) is 13.2. The summed E-state index contributed by atoms with van der Waals surface area (Å²) in [5.74, 6) is -2.14. The Bertz CT molecular complexity index is 863. The Kier molecular flexibility index (Phi) is 10.8. The van der Waals surface area contributed by atoms with Crippen molar-refractivity contribution in [2.45, 2.75) is 25.2 Å². The Morgan fingerprint density at radius 1 is 0.735 bits per heavy atom. The van der Waals surface area contributed by atoms with E-state index < -0.39 is 24.0 Å². The molecule has 2 aromatic carbocycles. The molecule has 0 spiro atoms. The summed E-state index contributed by atoms with van der Waals surface area (Å²) in [4.78, 5) is 27.2. The largest absolute Gasteiger partial charge is 0.508 e. The predicted octanol–water partition coefficient (Wildman–Crippen LogP) is 1.60. The van der Waals surface area contributed by atoms with E-state index in [4.69, 9.17) is 9.47 Å². The molecule has 186 valence electrons. The predicted molar refractivity (Wildman–Crippen MR) is 124 cm³/mol. The van der Waals surface area contributed by atoms with E-state index in [-0.39, 0.29) is 50.9 Å². The maximum Gasteiger partial charge on any atom is 0.323 e. The molecular weight excluding hydrogens is 444 g/mol. The number of phenols is 2. The lowest BCUT2D eigenvalue weighted by Crippen LogP contribution is -2.50. The highest BCUT2D eigenvalue weighted by molar-refractivity contribution is 5.74. The van der Waals surface area contributed by atoms with Crippen molar-refractivity contribution in [2.24, 2.45) is 0 Å². The Labute approximate surface area is 198 Å². The van der Waals surface area contributed by atoms with E-state index in [1.54, 1.807) is 46.2 Å². The van der Waals surface area contributed by atoms with Crippen LogP contribution >= 0.6 is 0 Å². The number of methoxy groups -OCH3 is 2. The minimum Gasteiger partial charge on any atom is -0.508 e. The number of hydrogen-bond donors (Lipinski definition) is 4. The number of nitrogens with zero attached hydrogens (tertiary/aromatic N) is 2. The van der Waals surface area contributed by atoms with Crippen molar-refractivity contribution in [1.82, 2.24) is 9.80 Å². The van der Waals surface area contributed by atoms with E-state index >= 15 is 0 Å². The molecule has 10 heteroatoms. The maximum absolute atomic E-state index is 12.0. The van der Waals surface area contributed by atoms with Crippen LogP contribution in [0.2, 0.25) is 0 Å². The van der Waals surface area contributed by atoms with E-state index in [0.29, 0.717) is 11.1 Å². The third-order valence-electron chi connectivity index (χ3n) is 5.51. The van der Waals surface area contributed by atoms with Crippen molar-refractivity contribution < 1.29 is 39.5 Å². The number of aliphatic carboxylic acids is 2. The summed E-state index contributed by atoms with van der Waals surface area (Å²) < 4.78 is 10.2. The smallest absolute Gasteiger partial charge is 0.323 e. The zero-order chi connectivity index (χ0) is 25.1. The number of aromatic hydroxyl groups is 2. The van der Waals surface area contributed by atoms with E-state index in [0.717, 1.165) is 0 Å². The molecule has 0 radical (unpaired) electrons. The molecule has 2 unspecified atom stereocenters. The average molecular weight is 477 g/mol. The van der Waals surface area contributed by atoms with E-state index in [2.05, 4.69) is 0 Å². The van der Waals surface area contributed by atoms with Crippen molar-refractivity contribution in [3.05, 3.63) is 59.7 Å². The fourth-order valence-electron chi connectivity index (χ4n) is 3.66. The van der Waals surface area contributed by atoms with Crippen LogP contribution in [0.25, 0.3) is 0 Å². The first-order chi connectivity index (χ1) is 16.3. The lowest BCUT2D eigenvalue weighted by Gasteiger charge is -2.34. The van der Waals surface area contributed by atoms with Crippen LogP contribution in [0.5, 0.6) is 11.5 Å². The van der Waals surface area contributed by atoms with Gasteiger partial charge in [-0.2, -0.15) is 0 Å². The SMILES string of the molecule is COCC(C(=O)O)N(CCN(Cc1ccccc1O)C(COC)C(=O)O)Cc1ccccc1O. The van der Waals surface area contributed by atoms with Crippen molar-refractivity contribution in [3.63, 3.8) is 0 Å². The summed E-state index contributed by atoms with van der Waals surface area (Å²) in [7, 11) is 2.80. The fourth-order valence-corrected chi connectivity index (χ4v) is 3.66. The van der Waals surface area contributed by atoms with Gasteiger partial charge in [0.25, 0.3) is 0 Å². The number of carboxylic acid groups (broad SMARTS) is 2. The van der Waals surface area contributed by atoms with Crippen LogP contribution in [0.4, 0.5) is 0 Å². The van der Waals surface area contributed by atoms with Crippen molar-refractivity contribution >= 4 is 11.9 Å². The molecule has 2 atom stereocenters. The van der Waals surface area contributed by atoms with Gasteiger partial charge in [-0.25, -0.2) is 0 Å². The zero-order valence-corrected chi connectivity index (χ0v) is 19.3. The summed E-state index contributed by atoms with van der Waals surface area (Å²) >= 11 is 0. The van der Waals surface area contributed by atoms with Crippen LogP contribution in [-0.4, -0.2) is 94.8 Å². The first-order valence-electron chi connectivity index (χ1n) is 10.7. The minimum absolute atomic E-state index is 0.0305. The monoisotopic (exact) mass is 476 g/mol. The van der Waals surface area contributed by atoms with E-state index in [1.807, 2.05) is 0 Å². The van der Waals surface area contributed by atoms with Gasteiger partial charge in [0.05, 0.1) is 13.2 Å². The molecule has 34 heavy (non-hydrogen) atoms. The summed E-state index contributed by atoms with van der Waals surface area (Å²) in [5, 5.41) is 40.0. The first kappa shape index (κ1) is 27.1. The third-order valence-corrected chi connectivity index (χ3v) is 5.51. The van der Waals surface area contributed by atoms with Crippen LogP contribution in [0.15, 0.2) is 48.5 Å². The van der Waals surface area contributed by atoms with Crippen LogP contribution < -0.4 is 0 Å². The van der Waals surface area contributed by atoms with Gasteiger partial charge in [0.2, 0.25) is 0 Å². The summed E-state index contributed by atoms with van der Waals surface area (Å²) in [6.45, 7) is 0.329. The lowest BCUT2D eigenvalue weighted by atomic mass is 10.1. The molecule has 0 aromatic heterocycles. The number of carboxylic acids is 2. The highest BCUT2D eigenvalue weighted by Gasteiger charge is 2.30. The Morgan fingerprint density at radius 2 is 1.09 bits per heavy atom. The minimum atomic E-state index is -1.10. The highest BCUT2D eigenvalue weighted by Crippen LogP contribution is 2.22. The second kappa shape index (κ2) is 13.5. The quantitative estimate of drug-likeness (QED) is 0.300. The molecule has 2 rings (SSSR count). The van der Waals surface area contributed by atoms with Crippen molar-refractivity contribution in [3.8, 4) is 11.5 Å². The fraction of sp³-hybridized carbons (Fsp3) is 0.417. The summed E-state index contributed by atoms with van der Waals surface area (Å²) in [6.07, 6.45) is 0. The lowest BCUT2D eigenvalue weighted by molar-refractivity contribution is -0.148. The van der Waals surface area contributed by atoms with Gasteiger partial charge in [-0.15, -0.1) is 0 Å². The number of carbonyl (C=O) groups is 2. The number of benzene rings is 2. The second-order valence-corrected chi connectivity index (χ2v) is 7.82. The molecule has 2 aromatic rings. The zero-order valence-electron chi connectivity index (χ0n) is 19.3. The van der Waals surface area contributed by atoms with Crippen molar-refractivity contribution in [1.29, 1.82) is 0 Å². The number of ether oxygens (including phenoxy) is 2. The van der Waals surface area contributed by atoms with Gasteiger partial charge in [0.1, 0.15) is 23.6 Å². The van der Waals surface area contributed by atoms with Crippen molar-refractivity contribution in [2.75, 3.05) is 40.5 Å². The van der Waals surface area contributed by atoms with E-state index in [1.165, 1.54) is 26.4 Å². The molecular formula is C24H32N2O8. The number of phenolic OH excluding ortho intramolecular Hbond substituents is 2. The molecule has 0 bridgehead atoms. The molecule has 0 aliphatic rings. The topological polar surface area (TPSA) is 140 Å². The number of para-hydroxylation sites is 2. The first-order valence-corrected chi connectivity index (χ1v) is 10.7. The van der Waals surface area contributed by atoms with Crippen LogP contribution in [-0.2, 0) is 32.2 Å². The highest BCUT2D eigenvalue weighted by atomic mass is 16.5. The van der Waals surface area contributed by atoms with E-state index in [9.17, 15) is 30.0 Å². The standard InChI is InChI=1S/C24H32N2O8/c1-33-15-19(23(29)30)25(13-17-7-3-5-9-21(17)27)11-12-26(20(16-34-2)24(31)32)14-18-8-4-6-10-22(18)28/h3-10,19-20,27-28H,11-16H2,1-2H3,(H,29,30)(H,31,32). The van der Waals surface area contributed by atoms with Gasteiger partial charge in [-0.05, 0) is 12.1 Å². The summed E-state index contributed by atoms with van der Waals surface area (Å²) in [6, 6.07) is 11.2. The Hall–Kier alpha value is -3.18. The second-order valence-electron chi connectivity index (χ2n) is 7.82. The van der Waals surface area contributed by atoms with Gasteiger partial charge in [0.15, 0.2) is 0 Å². The van der Waals surface area contributed by atoms with Gasteiger partial charge in [-0.3, -0.25) is 19.4 Å². The van der Waals surface area contributed by atoms with Gasteiger partial charge >= 0.3 is 11.9 Å². The molecule has 10 nitrogen and oxygen atoms in total. The molecule has 0 amide bonds. The average Bonchev–Trinajstić information content (AvgIpc) is 2.80. The molecule has 0 saturated heterocycles. The molecule has 4 N–H and O–H groups in total.